The van der Waals surface area contributed by atoms with Gasteiger partial charge in [-0.2, -0.15) is 0 Å². The molecule has 4 rings (SSSR count). The summed E-state index contributed by atoms with van der Waals surface area (Å²) in [6.07, 6.45) is 1.28. The van der Waals surface area contributed by atoms with Gasteiger partial charge in [-0.25, -0.2) is 4.39 Å². The fourth-order valence-corrected chi connectivity index (χ4v) is 3.42. The van der Waals surface area contributed by atoms with E-state index in [9.17, 15) is 9.18 Å². The Kier molecular flexibility index (Phi) is 3.73. The van der Waals surface area contributed by atoms with E-state index in [1.165, 1.54) is 12.1 Å². The number of fused-ring (bicyclic) bond motifs is 1. The molecule has 0 radical (unpaired) electrons. The van der Waals surface area contributed by atoms with Crippen LogP contribution in [-0.2, 0) is 4.79 Å². The number of rotatable bonds is 3. The van der Waals surface area contributed by atoms with Crippen molar-refractivity contribution in [1.29, 1.82) is 0 Å². The second kappa shape index (κ2) is 6.04. The highest BCUT2D eigenvalue weighted by atomic mass is 19.1. The first-order chi connectivity index (χ1) is 11.7. The molecular formula is C20H17FN2O. The molecule has 1 saturated heterocycles. The van der Waals surface area contributed by atoms with Crippen molar-refractivity contribution in [3.8, 4) is 0 Å². The fourth-order valence-electron chi connectivity index (χ4n) is 3.42. The standard InChI is InChI=1S/C20H17FN2O/c21-15-8-5-14(6-9-15)20(18-11-12-19(24)23-18)17-10-7-13-3-1-2-4-16(13)22-17/h1-10,18,20H,11-12H2,(H,23,24)/t18-,20+/m1/s1. The van der Waals surface area contributed by atoms with E-state index in [0.29, 0.717) is 6.42 Å². The smallest absolute Gasteiger partial charge is 0.220 e. The molecule has 24 heavy (non-hydrogen) atoms. The van der Waals surface area contributed by atoms with Crippen molar-refractivity contribution in [2.45, 2.75) is 24.8 Å². The van der Waals surface area contributed by atoms with Crippen LogP contribution in [0, 0.1) is 5.82 Å². The summed E-state index contributed by atoms with van der Waals surface area (Å²) in [5.41, 5.74) is 2.78. The molecule has 1 N–H and O–H groups in total. The summed E-state index contributed by atoms with van der Waals surface area (Å²) in [5, 5.41) is 4.12. The Morgan fingerprint density at radius 1 is 1.04 bits per heavy atom. The number of hydrogen-bond acceptors (Lipinski definition) is 2. The predicted molar refractivity (Wildman–Crippen MR) is 91.2 cm³/mol. The SMILES string of the molecule is O=C1CC[C@H]([C@@H](c2ccc(F)cc2)c2ccc3ccccc3n2)N1. The first kappa shape index (κ1) is 14.8. The number of nitrogens with one attached hydrogen (secondary N) is 1. The maximum atomic E-state index is 13.3. The first-order valence-electron chi connectivity index (χ1n) is 8.11. The summed E-state index contributed by atoms with van der Waals surface area (Å²) in [6, 6.07) is 18.5. The summed E-state index contributed by atoms with van der Waals surface area (Å²) in [7, 11) is 0. The lowest BCUT2D eigenvalue weighted by Crippen LogP contribution is -2.32. The minimum Gasteiger partial charge on any atom is -0.352 e. The molecule has 2 atom stereocenters. The van der Waals surface area contributed by atoms with Crippen molar-refractivity contribution in [1.82, 2.24) is 10.3 Å². The van der Waals surface area contributed by atoms with E-state index in [0.717, 1.165) is 28.6 Å². The molecule has 0 saturated carbocycles. The van der Waals surface area contributed by atoms with Gasteiger partial charge in [0.1, 0.15) is 5.82 Å². The lowest BCUT2D eigenvalue weighted by Gasteiger charge is -2.24. The third-order valence-corrected chi connectivity index (χ3v) is 4.60. The molecule has 0 spiro atoms. The lowest BCUT2D eigenvalue weighted by molar-refractivity contribution is -0.119. The minimum absolute atomic E-state index is 0.0170. The summed E-state index contributed by atoms with van der Waals surface area (Å²) >= 11 is 0. The highest BCUT2D eigenvalue weighted by Gasteiger charge is 2.32. The summed E-state index contributed by atoms with van der Waals surface area (Å²) in [6.45, 7) is 0. The number of benzene rings is 2. The van der Waals surface area contributed by atoms with Crippen LogP contribution < -0.4 is 5.32 Å². The first-order valence-corrected chi connectivity index (χ1v) is 8.11. The number of hydrogen-bond donors (Lipinski definition) is 1. The Morgan fingerprint density at radius 3 is 2.58 bits per heavy atom. The Morgan fingerprint density at radius 2 is 1.83 bits per heavy atom. The largest absolute Gasteiger partial charge is 0.352 e. The average Bonchev–Trinajstić information content (AvgIpc) is 3.03. The van der Waals surface area contributed by atoms with E-state index in [1.807, 2.05) is 36.4 Å². The Labute approximate surface area is 139 Å². The number of carbonyl (C=O) groups excluding carboxylic acids is 1. The number of amides is 1. The van der Waals surface area contributed by atoms with Crippen molar-refractivity contribution in [3.63, 3.8) is 0 Å². The molecule has 3 aromatic rings. The zero-order chi connectivity index (χ0) is 16.5. The molecule has 120 valence electrons. The number of nitrogens with zero attached hydrogens (tertiary/aromatic N) is 1. The van der Waals surface area contributed by atoms with E-state index in [2.05, 4.69) is 5.32 Å². The molecule has 3 nitrogen and oxygen atoms in total. The molecule has 1 aliphatic heterocycles. The molecule has 1 aliphatic rings. The maximum absolute atomic E-state index is 13.3. The van der Waals surface area contributed by atoms with Crippen LogP contribution in [0.5, 0.6) is 0 Å². The topological polar surface area (TPSA) is 42.0 Å². The zero-order valence-corrected chi connectivity index (χ0v) is 13.1. The summed E-state index contributed by atoms with van der Waals surface area (Å²) in [4.78, 5) is 16.5. The highest BCUT2D eigenvalue weighted by Crippen LogP contribution is 2.32. The molecular weight excluding hydrogens is 303 g/mol. The third kappa shape index (κ3) is 2.75. The quantitative estimate of drug-likeness (QED) is 0.798. The van der Waals surface area contributed by atoms with E-state index in [1.54, 1.807) is 12.1 Å². The zero-order valence-electron chi connectivity index (χ0n) is 13.1. The Bertz CT molecular complexity index is 892. The van der Waals surface area contributed by atoms with E-state index in [-0.39, 0.29) is 23.7 Å². The highest BCUT2D eigenvalue weighted by molar-refractivity contribution is 5.80. The van der Waals surface area contributed by atoms with Crippen molar-refractivity contribution in [2.24, 2.45) is 0 Å². The maximum Gasteiger partial charge on any atom is 0.220 e. The molecule has 0 unspecified atom stereocenters. The van der Waals surface area contributed by atoms with Gasteiger partial charge in [0.05, 0.1) is 11.2 Å². The van der Waals surface area contributed by atoms with Crippen molar-refractivity contribution in [3.05, 3.63) is 77.7 Å². The third-order valence-electron chi connectivity index (χ3n) is 4.60. The van der Waals surface area contributed by atoms with E-state index >= 15 is 0 Å². The van der Waals surface area contributed by atoms with Gasteiger partial charge in [0.2, 0.25) is 5.91 Å². The van der Waals surface area contributed by atoms with Gasteiger partial charge in [-0.15, -0.1) is 0 Å². The molecule has 2 aromatic carbocycles. The summed E-state index contributed by atoms with van der Waals surface area (Å²) in [5.74, 6) is -0.283. The van der Waals surface area contributed by atoms with Crippen LogP contribution in [0.1, 0.15) is 30.0 Å². The van der Waals surface area contributed by atoms with Crippen LogP contribution in [0.15, 0.2) is 60.7 Å². The Hall–Kier alpha value is -2.75. The molecule has 4 heteroatoms. The van der Waals surface area contributed by atoms with Crippen LogP contribution in [0.2, 0.25) is 0 Å². The van der Waals surface area contributed by atoms with Crippen molar-refractivity contribution in [2.75, 3.05) is 0 Å². The van der Waals surface area contributed by atoms with Crippen LogP contribution >= 0.6 is 0 Å². The fraction of sp³-hybridized carbons (Fsp3) is 0.200. The van der Waals surface area contributed by atoms with Crippen molar-refractivity contribution >= 4 is 16.8 Å². The van der Waals surface area contributed by atoms with Gasteiger partial charge in [-0.05, 0) is 36.2 Å². The summed E-state index contributed by atoms with van der Waals surface area (Å²) < 4.78 is 13.3. The number of carbonyl (C=O) groups is 1. The molecule has 0 aliphatic carbocycles. The predicted octanol–water partition coefficient (Wildman–Crippen LogP) is 3.78. The van der Waals surface area contributed by atoms with Crippen LogP contribution in [0.4, 0.5) is 4.39 Å². The van der Waals surface area contributed by atoms with Gasteiger partial charge >= 0.3 is 0 Å². The Balaban J connectivity index is 1.81. The second-order valence-electron chi connectivity index (χ2n) is 6.17. The number of halogens is 1. The van der Waals surface area contributed by atoms with Crippen LogP contribution in [0.25, 0.3) is 10.9 Å². The van der Waals surface area contributed by atoms with Gasteiger partial charge in [0.15, 0.2) is 0 Å². The number of para-hydroxylation sites is 1. The van der Waals surface area contributed by atoms with Gasteiger partial charge in [0.25, 0.3) is 0 Å². The lowest BCUT2D eigenvalue weighted by atomic mass is 9.87. The molecule has 1 amide bonds. The second-order valence-corrected chi connectivity index (χ2v) is 6.17. The molecule has 0 bridgehead atoms. The average molecular weight is 320 g/mol. The molecule has 1 aromatic heterocycles. The number of pyridine rings is 1. The molecule has 2 heterocycles. The monoisotopic (exact) mass is 320 g/mol. The number of aromatic nitrogens is 1. The van der Waals surface area contributed by atoms with Crippen molar-refractivity contribution < 1.29 is 9.18 Å². The molecule has 1 fully saturated rings. The van der Waals surface area contributed by atoms with Gasteiger partial charge in [0, 0.05) is 23.8 Å². The minimum atomic E-state index is -0.264. The van der Waals surface area contributed by atoms with Gasteiger partial charge in [-0.3, -0.25) is 9.78 Å². The van der Waals surface area contributed by atoms with Crippen LogP contribution in [-0.4, -0.2) is 16.9 Å². The normalized spacial score (nSPS) is 18.5. The van der Waals surface area contributed by atoms with E-state index in [4.69, 9.17) is 4.98 Å². The van der Waals surface area contributed by atoms with Crippen LogP contribution in [0.3, 0.4) is 0 Å². The van der Waals surface area contributed by atoms with Gasteiger partial charge in [-0.1, -0.05) is 36.4 Å². The van der Waals surface area contributed by atoms with Gasteiger partial charge < -0.3 is 5.32 Å². The van der Waals surface area contributed by atoms with E-state index < -0.39 is 0 Å².